The van der Waals surface area contributed by atoms with Crippen molar-refractivity contribution in [1.82, 2.24) is 15.5 Å². The summed E-state index contributed by atoms with van der Waals surface area (Å²) in [5, 5.41) is 5.99. The summed E-state index contributed by atoms with van der Waals surface area (Å²) in [5.74, 6) is -0.785. The van der Waals surface area contributed by atoms with Crippen LogP contribution in [0.4, 0.5) is 0 Å². The molecule has 7 nitrogen and oxygen atoms in total. The average molecular weight is 386 g/mol. The fraction of sp³-hybridized carbons (Fsp3) is 0.571. The highest BCUT2D eigenvalue weighted by Crippen LogP contribution is 2.28. The highest BCUT2D eigenvalue weighted by molar-refractivity contribution is 6.05. The van der Waals surface area contributed by atoms with E-state index >= 15 is 0 Å². The molecule has 0 spiro atoms. The molecular formula is C21H30N4O3. The summed E-state index contributed by atoms with van der Waals surface area (Å²) in [7, 11) is 0. The molecule has 1 aromatic carbocycles. The summed E-state index contributed by atoms with van der Waals surface area (Å²) in [5.41, 5.74) is 8.52. The number of carbonyl (C=O) groups is 3. The SMILES string of the molecule is CCC(CC)(CCN)NCc1ccc2c(c1)CN(C1CCC(=O)NC1=O)C2=O. The van der Waals surface area contributed by atoms with Crippen LogP contribution in [0.25, 0.3) is 0 Å². The molecule has 1 unspecified atom stereocenters. The number of hydrogen-bond donors (Lipinski definition) is 3. The Morgan fingerprint density at radius 2 is 2.00 bits per heavy atom. The summed E-state index contributed by atoms with van der Waals surface area (Å²) in [6, 6.07) is 5.29. The number of piperidine rings is 1. The van der Waals surface area contributed by atoms with Gasteiger partial charge in [0.25, 0.3) is 5.91 Å². The number of amides is 3. The minimum Gasteiger partial charge on any atom is -0.330 e. The number of rotatable bonds is 8. The minimum absolute atomic E-state index is 0.0301. The van der Waals surface area contributed by atoms with Gasteiger partial charge in [0.2, 0.25) is 11.8 Å². The largest absolute Gasteiger partial charge is 0.330 e. The van der Waals surface area contributed by atoms with Gasteiger partial charge in [0.15, 0.2) is 0 Å². The van der Waals surface area contributed by atoms with Gasteiger partial charge in [-0.15, -0.1) is 0 Å². The summed E-state index contributed by atoms with van der Waals surface area (Å²) < 4.78 is 0. The van der Waals surface area contributed by atoms with Crippen molar-refractivity contribution in [1.29, 1.82) is 0 Å². The minimum atomic E-state index is -0.573. The first-order valence-electron chi connectivity index (χ1n) is 10.1. The number of nitrogens with one attached hydrogen (secondary N) is 2. The van der Waals surface area contributed by atoms with Crippen LogP contribution in [0.2, 0.25) is 0 Å². The van der Waals surface area contributed by atoms with E-state index < -0.39 is 6.04 Å². The Bertz CT molecular complexity index is 773. The molecule has 0 aliphatic carbocycles. The Balaban J connectivity index is 1.71. The number of nitrogens with two attached hydrogens (primary N) is 1. The zero-order valence-corrected chi connectivity index (χ0v) is 16.7. The zero-order valence-electron chi connectivity index (χ0n) is 16.7. The highest BCUT2D eigenvalue weighted by atomic mass is 16.2. The molecule has 0 saturated carbocycles. The smallest absolute Gasteiger partial charge is 0.255 e. The molecule has 3 amide bonds. The van der Waals surface area contributed by atoms with Crippen LogP contribution in [0, 0.1) is 0 Å². The average Bonchev–Trinajstić information content (AvgIpc) is 3.01. The third kappa shape index (κ3) is 3.95. The van der Waals surface area contributed by atoms with E-state index in [1.54, 1.807) is 4.90 Å². The topological polar surface area (TPSA) is 105 Å². The van der Waals surface area contributed by atoms with E-state index in [0.29, 0.717) is 31.6 Å². The lowest BCUT2D eigenvalue weighted by atomic mass is 9.88. The predicted octanol–water partition coefficient (Wildman–Crippen LogP) is 1.44. The maximum absolute atomic E-state index is 12.8. The number of benzene rings is 1. The fourth-order valence-corrected chi connectivity index (χ4v) is 4.25. The van der Waals surface area contributed by atoms with E-state index in [0.717, 1.165) is 30.4 Å². The number of carbonyl (C=O) groups excluding carboxylic acids is 3. The van der Waals surface area contributed by atoms with Gasteiger partial charge in [-0.2, -0.15) is 0 Å². The highest BCUT2D eigenvalue weighted by Gasteiger charge is 2.39. The molecule has 1 aromatic rings. The van der Waals surface area contributed by atoms with E-state index in [2.05, 4.69) is 24.5 Å². The first-order chi connectivity index (χ1) is 13.4. The number of fused-ring (bicyclic) bond motifs is 1. The molecule has 28 heavy (non-hydrogen) atoms. The first kappa shape index (κ1) is 20.5. The molecule has 1 atom stereocenters. The molecule has 152 valence electrons. The van der Waals surface area contributed by atoms with Crippen molar-refractivity contribution in [3.63, 3.8) is 0 Å². The van der Waals surface area contributed by atoms with Crippen molar-refractivity contribution in [2.24, 2.45) is 5.73 Å². The van der Waals surface area contributed by atoms with Crippen molar-refractivity contribution in [3.8, 4) is 0 Å². The van der Waals surface area contributed by atoms with Gasteiger partial charge < -0.3 is 16.0 Å². The van der Waals surface area contributed by atoms with Crippen LogP contribution in [0.5, 0.6) is 0 Å². The van der Waals surface area contributed by atoms with Gasteiger partial charge in [0.1, 0.15) is 6.04 Å². The Hall–Kier alpha value is -2.25. The van der Waals surface area contributed by atoms with Crippen molar-refractivity contribution < 1.29 is 14.4 Å². The maximum atomic E-state index is 12.8. The second-order valence-electron chi connectivity index (χ2n) is 7.77. The standard InChI is InChI=1S/C21H30N4O3/c1-3-21(4-2,9-10-22)23-12-14-5-6-16-15(11-14)13-25(20(16)28)17-7-8-18(26)24-19(17)27/h5-6,11,17,23H,3-4,7-10,12-13,22H2,1-2H3,(H,24,26,27). The lowest BCUT2D eigenvalue weighted by Crippen LogP contribution is -2.52. The van der Waals surface area contributed by atoms with Gasteiger partial charge >= 0.3 is 0 Å². The second kappa shape index (κ2) is 8.41. The normalized spacial score (nSPS) is 19.8. The number of nitrogens with zero attached hydrogens (tertiary/aromatic N) is 1. The lowest BCUT2D eigenvalue weighted by molar-refractivity contribution is -0.136. The van der Waals surface area contributed by atoms with Crippen molar-refractivity contribution >= 4 is 17.7 Å². The molecule has 1 fully saturated rings. The van der Waals surface area contributed by atoms with Crippen LogP contribution in [0.3, 0.4) is 0 Å². The van der Waals surface area contributed by atoms with Crippen LogP contribution in [0.1, 0.15) is 67.4 Å². The van der Waals surface area contributed by atoms with Crippen LogP contribution in [-0.4, -0.2) is 40.7 Å². The summed E-state index contributed by atoms with van der Waals surface area (Å²) in [6.07, 6.45) is 3.59. The molecule has 2 heterocycles. The number of imide groups is 1. The second-order valence-corrected chi connectivity index (χ2v) is 7.77. The van der Waals surface area contributed by atoms with E-state index in [1.165, 1.54) is 0 Å². The number of hydrogen-bond acceptors (Lipinski definition) is 5. The Morgan fingerprint density at radius 1 is 1.25 bits per heavy atom. The molecular weight excluding hydrogens is 356 g/mol. The third-order valence-electron chi connectivity index (χ3n) is 6.23. The van der Waals surface area contributed by atoms with Crippen LogP contribution >= 0.6 is 0 Å². The van der Waals surface area contributed by atoms with Crippen LogP contribution in [-0.2, 0) is 22.7 Å². The van der Waals surface area contributed by atoms with Gasteiger partial charge in [-0.1, -0.05) is 26.0 Å². The molecule has 4 N–H and O–H groups in total. The monoisotopic (exact) mass is 386 g/mol. The fourth-order valence-electron chi connectivity index (χ4n) is 4.25. The first-order valence-corrected chi connectivity index (χ1v) is 10.1. The summed E-state index contributed by atoms with van der Waals surface area (Å²) in [6.45, 7) is 6.11. The molecule has 0 bridgehead atoms. The molecule has 1 saturated heterocycles. The maximum Gasteiger partial charge on any atom is 0.255 e. The van der Waals surface area contributed by atoms with Gasteiger partial charge in [0, 0.05) is 30.6 Å². The zero-order chi connectivity index (χ0) is 20.3. The Labute approximate surface area is 166 Å². The van der Waals surface area contributed by atoms with E-state index in [4.69, 9.17) is 5.73 Å². The van der Waals surface area contributed by atoms with E-state index in [9.17, 15) is 14.4 Å². The molecule has 2 aliphatic rings. The predicted molar refractivity (Wildman–Crippen MR) is 106 cm³/mol. The third-order valence-corrected chi connectivity index (χ3v) is 6.23. The Morgan fingerprint density at radius 3 is 2.64 bits per heavy atom. The molecule has 2 aliphatic heterocycles. The summed E-state index contributed by atoms with van der Waals surface area (Å²) in [4.78, 5) is 37.9. The molecule has 0 aromatic heterocycles. The van der Waals surface area contributed by atoms with Crippen molar-refractivity contribution in [2.75, 3.05) is 6.54 Å². The van der Waals surface area contributed by atoms with Crippen LogP contribution < -0.4 is 16.4 Å². The van der Waals surface area contributed by atoms with E-state index in [1.807, 2.05) is 18.2 Å². The van der Waals surface area contributed by atoms with Crippen LogP contribution in [0.15, 0.2) is 18.2 Å². The van der Waals surface area contributed by atoms with Gasteiger partial charge in [-0.25, -0.2) is 0 Å². The van der Waals surface area contributed by atoms with E-state index in [-0.39, 0.29) is 29.7 Å². The summed E-state index contributed by atoms with van der Waals surface area (Å²) >= 11 is 0. The molecule has 3 rings (SSSR count). The van der Waals surface area contributed by atoms with Crippen molar-refractivity contribution in [2.45, 2.75) is 70.6 Å². The van der Waals surface area contributed by atoms with Gasteiger partial charge in [-0.05, 0) is 49.4 Å². The Kier molecular flexibility index (Phi) is 6.15. The quantitative estimate of drug-likeness (QED) is 0.587. The van der Waals surface area contributed by atoms with Gasteiger partial charge in [-0.3, -0.25) is 19.7 Å². The van der Waals surface area contributed by atoms with Gasteiger partial charge in [0.05, 0.1) is 0 Å². The molecule has 0 radical (unpaired) electrons. The van der Waals surface area contributed by atoms with Crippen molar-refractivity contribution in [3.05, 3.63) is 34.9 Å². The molecule has 7 heteroatoms. The lowest BCUT2D eigenvalue weighted by Gasteiger charge is -2.33.